The highest BCUT2D eigenvalue weighted by molar-refractivity contribution is 5.89. The summed E-state index contributed by atoms with van der Waals surface area (Å²) in [4.78, 5) is 30.2. The lowest BCUT2D eigenvalue weighted by Gasteiger charge is -2.18. The molecule has 2 aromatic carbocycles. The minimum Gasteiger partial charge on any atom is -0.371 e. The predicted octanol–water partition coefficient (Wildman–Crippen LogP) is 2.94. The summed E-state index contributed by atoms with van der Waals surface area (Å²) >= 11 is 0. The summed E-state index contributed by atoms with van der Waals surface area (Å²) in [5, 5.41) is 5.86. The van der Waals surface area contributed by atoms with Gasteiger partial charge in [-0.1, -0.05) is 30.3 Å². The highest BCUT2D eigenvalue weighted by atomic mass is 16.2. The van der Waals surface area contributed by atoms with Crippen LogP contribution >= 0.6 is 0 Å². The molecule has 0 saturated carbocycles. The van der Waals surface area contributed by atoms with Crippen LogP contribution in [0.1, 0.15) is 12.0 Å². The van der Waals surface area contributed by atoms with Crippen molar-refractivity contribution in [1.82, 2.24) is 14.9 Å². The van der Waals surface area contributed by atoms with Crippen molar-refractivity contribution in [2.24, 2.45) is 5.92 Å². The Hall–Kier alpha value is -3.61. The Bertz CT molecular complexity index is 1050. The van der Waals surface area contributed by atoms with Gasteiger partial charge in [-0.15, -0.1) is 0 Å². The second-order valence-corrected chi connectivity index (χ2v) is 7.50. The van der Waals surface area contributed by atoms with Crippen LogP contribution in [0.25, 0.3) is 0 Å². The number of para-hydroxylation sites is 1. The van der Waals surface area contributed by atoms with Gasteiger partial charge >= 0.3 is 11.7 Å². The lowest BCUT2D eigenvalue weighted by Crippen LogP contribution is -2.34. The molecule has 0 spiro atoms. The Morgan fingerprint density at radius 1 is 1.10 bits per heavy atom. The molecule has 2 amide bonds. The average Bonchev–Trinajstić information content (AvgIpc) is 3.24. The predicted molar refractivity (Wildman–Crippen MR) is 118 cm³/mol. The third kappa shape index (κ3) is 5.05. The number of amides is 2. The smallest absolute Gasteiger partial charge is 0.347 e. The monoisotopic (exact) mass is 403 g/mol. The number of urea groups is 1. The van der Waals surface area contributed by atoms with E-state index in [-0.39, 0.29) is 11.7 Å². The molecule has 1 aliphatic heterocycles. The number of carbonyl (C=O) groups is 1. The van der Waals surface area contributed by atoms with Crippen LogP contribution in [0.15, 0.2) is 77.9 Å². The fourth-order valence-corrected chi connectivity index (χ4v) is 3.74. The Morgan fingerprint density at radius 2 is 1.97 bits per heavy atom. The highest BCUT2D eigenvalue weighted by Crippen LogP contribution is 2.23. The van der Waals surface area contributed by atoms with Crippen molar-refractivity contribution in [3.63, 3.8) is 0 Å². The fourth-order valence-electron chi connectivity index (χ4n) is 3.74. The fraction of sp³-hybridized carbons (Fsp3) is 0.261. The molecule has 2 N–H and O–H groups in total. The molecule has 0 aliphatic carbocycles. The van der Waals surface area contributed by atoms with Crippen molar-refractivity contribution in [2.45, 2.75) is 13.0 Å². The Kier molecular flexibility index (Phi) is 6.08. The van der Waals surface area contributed by atoms with E-state index in [1.165, 1.54) is 16.5 Å². The van der Waals surface area contributed by atoms with Crippen LogP contribution in [-0.2, 0) is 6.54 Å². The van der Waals surface area contributed by atoms with Crippen LogP contribution in [-0.4, -0.2) is 35.2 Å². The molecule has 154 valence electrons. The largest absolute Gasteiger partial charge is 0.371 e. The van der Waals surface area contributed by atoms with E-state index in [9.17, 15) is 9.59 Å². The van der Waals surface area contributed by atoms with Crippen molar-refractivity contribution in [1.29, 1.82) is 0 Å². The minimum atomic E-state index is -0.297. The summed E-state index contributed by atoms with van der Waals surface area (Å²) in [6.07, 6.45) is 4.23. The second-order valence-electron chi connectivity index (χ2n) is 7.50. The van der Waals surface area contributed by atoms with Gasteiger partial charge < -0.3 is 15.5 Å². The van der Waals surface area contributed by atoms with Crippen LogP contribution < -0.4 is 21.2 Å². The van der Waals surface area contributed by atoms with E-state index in [0.29, 0.717) is 24.7 Å². The Balaban J connectivity index is 1.27. The van der Waals surface area contributed by atoms with Crippen LogP contribution in [0.3, 0.4) is 0 Å². The van der Waals surface area contributed by atoms with E-state index in [2.05, 4.69) is 32.7 Å². The van der Waals surface area contributed by atoms with Crippen LogP contribution in [0, 0.1) is 5.92 Å². The third-order valence-electron chi connectivity index (χ3n) is 5.28. The molecule has 7 nitrogen and oxygen atoms in total. The van der Waals surface area contributed by atoms with Gasteiger partial charge in [-0.3, -0.25) is 4.57 Å². The number of nitrogens with zero attached hydrogens (tertiary/aromatic N) is 3. The molecular weight excluding hydrogens is 378 g/mol. The third-order valence-corrected chi connectivity index (χ3v) is 5.28. The molecule has 1 unspecified atom stereocenters. The number of rotatable bonds is 6. The van der Waals surface area contributed by atoms with Gasteiger partial charge in [0.1, 0.15) is 0 Å². The van der Waals surface area contributed by atoms with Crippen LogP contribution in [0.4, 0.5) is 16.2 Å². The zero-order valence-corrected chi connectivity index (χ0v) is 16.7. The quantitative estimate of drug-likeness (QED) is 0.663. The lowest BCUT2D eigenvalue weighted by atomic mass is 10.1. The molecule has 3 aromatic rings. The summed E-state index contributed by atoms with van der Waals surface area (Å²) in [7, 11) is 0. The molecule has 0 radical (unpaired) electrons. The molecule has 1 aromatic heterocycles. The standard InChI is InChI=1S/C23H25N5O2/c29-22(25-15-19-10-13-27(17-19)21-8-2-1-3-9-21)26-20-7-4-6-18(14-20)16-28-12-5-11-24-23(28)30/h1-9,11-12,14,19H,10,13,15-17H2,(H2,25,26,29). The number of aromatic nitrogens is 2. The van der Waals surface area contributed by atoms with Gasteiger partial charge in [0.05, 0.1) is 6.54 Å². The van der Waals surface area contributed by atoms with Gasteiger partial charge in [0.25, 0.3) is 0 Å². The zero-order chi connectivity index (χ0) is 20.8. The number of hydrogen-bond donors (Lipinski definition) is 2. The first-order chi connectivity index (χ1) is 14.7. The lowest BCUT2D eigenvalue weighted by molar-refractivity contribution is 0.250. The van der Waals surface area contributed by atoms with Gasteiger partial charge in [-0.2, -0.15) is 0 Å². The van der Waals surface area contributed by atoms with E-state index in [1.54, 1.807) is 12.3 Å². The first-order valence-corrected chi connectivity index (χ1v) is 10.1. The van der Waals surface area contributed by atoms with E-state index >= 15 is 0 Å². The Morgan fingerprint density at radius 3 is 2.80 bits per heavy atom. The van der Waals surface area contributed by atoms with Crippen molar-refractivity contribution >= 4 is 17.4 Å². The molecule has 1 aliphatic rings. The van der Waals surface area contributed by atoms with E-state index in [4.69, 9.17) is 0 Å². The average molecular weight is 403 g/mol. The van der Waals surface area contributed by atoms with Crippen molar-refractivity contribution in [2.75, 3.05) is 29.9 Å². The van der Waals surface area contributed by atoms with Gasteiger partial charge in [0, 0.05) is 43.4 Å². The normalized spacial score (nSPS) is 15.7. The van der Waals surface area contributed by atoms with Crippen molar-refractivity contribution < 1.29 is 4.79 Å². The number of carbonyl (C=O) groups excluding carboxylic acids is 1. The number of benzene rings is 2. The number of hydrogen-bond acceptors (Lipinski definition) is 4. The highest BCUT2D eigenvalue weighted by Gasteiger charge is 2.22. The summed E-state index contributed by atoms with van der Waals surface area (Å²) in [6.45, 7) is 2.99. The molecule has 1 saturated heterocycles. The number of anilines is 2. The summed E-state index contributed by atoms with van der Waals surface area (Å²) in [5.74, 6) is 0.430. The van der Waals surface area contributed by atoms with Gasteiger partial charge in [-0.25, -0.2) is 14.6 Å². The van der Waals surface area contributed by atoms with Gasteiger partial charge in [0.15, 0.2) is 0 Å². The van der Waals surface area contributed by atoms with Crippen LogP contribution in [0.5, 0.6) is 0 Å². The molecule has 30 heavy (non-hydrogen) atoms. The van der Waals surface area contributed by atoms with E-state index in [0.717, 1.165) is 25.1 Å². The summed E-state index contributed by atoms with van der Waals surface area (Å²) in [5.41, 5.74) is 2.54. The molecule has 7 heteroatoms. The first-order valence-electron chi connectivity index (χ1n) is 10.1. The minimum absolute atomic E-state index is 0.219. The topological polar surface area (TPSA) is 79.3 Å². The molecule has 1 fully saturated rings. The molecular formula is C23H25N5O2. The van der Waals surface area contributed by atoms with Crippen LogP contribution in [0.2, 0.25) is 0 Å². The van der Waals surface area contributed by atoms with Crippen molar-refractivity contribution in [3.05, 3.63) is 89.1 Å². The molecule has 0 bridgehead atoms. The first kappa shape index (κ1) is 19.7. The SMILES string of the molecule is O=C(NCC1CCN(c2ccccc2)C1)Nc1cccc(Cn2cccnc2=O)c1. The van der Waals surface area contributed by atoms with E-state index in [1.807, 2.05) is 42.5 Å². The Labute approximate surface area is 175 Å². The van der Waals surface area contributed by atoms with Crippen molar-refractivity contribution in [3.8, 4) is 0 Å². The summed E-state index contributed by atoms with van der Waals surface area (Å²) < 4.78 is 1.53. The zero-order valence-electron chi connectivity index (χ0n) is 16.7. The van der Waals surface area contributed by atoms with E-state index < -0.39 is 0 Å². The maximum absolute atomic E-state index is 12.3. The maximum Gasteiger partial charge on any atom is 0.347 e. The summed E-state index contributed by atoms with van der Waals surface area (Å²) in [6, 6.07) is 19.3. The molecule has 4 rings (SSSR count). The van der Waals surface area contributed by atoms with Gasteiger partial charge in [-0.05, 0) is 48.2 Å². The molecule has 2 heterocycles. The molecule has 1 atom stereocenters. The van der Waals surface area contributed by atoms with Gasteiger partial charge in [0.2, 0.25) is 0 Å². The maximum atomic E-state index is 12.3. The second kappa shape index (κ2) is 9.26. The number of nitrogens with one attached hydrogen (secondary N) is 2.